The highest BCUT2D eigenvalue weighted by atomic mass is 19.3. The third-order valence-electron chi connectivity index (χ3n) is 5.81. The molecule has 0 aliphatic carbocycles. The maximum atomic E-state index is 13.5. The number of hydrogen-bond donors (Lipinski definition) is 0. The van der Waals surface area contributed by atoms with Gasteiger partial charge in [-0.3, -0.25) is 9.79 Å². The molecule has 0 bridgehead atoms. The molecule has 1 aliphatic heterocycles. The van der Waals surface area contributed by atoms with Crippen LogP contribution >= 0.6 is 0 Å². The van der Waals surface area contributed by atoms with Crippen LogP contribution in [0, 0.1) is 11.8 Å². The number of carbonyl (C=O) groups excluding carboxylic acids is 1. The standard InChI is InChI=1S/C24H21F2NO.C8H10.2C2H6.CH3NO/c1-16-4-6-18(7-5-16)20-13-22(12-17(2)15-28)27-23(14-20)19-8-10-21(11-9-19)24(3,25)26;1-2-8-6-4-3-5-7-8;2*1-2;1-2-3/h4-12,14-15H,2,13H2,1,3H3;3-7H,2H2,1H3;2*1-2H3;1H3/b22-12+;;;;. The predicted molar refractivity (Wildman–Crippen MR) is 180 cm³/mol. The first kappa shape index (κ1) is 38.7. The molecule has 0 N–H and O–H groups in total. The zero-order valence-corrected chi connectivity index (χ0v) is 26.8. The Morgan fingerprint density at radius 1 is 0.930 bits per heavy atom. The second-order valence-electron chi connectivity index (χ2n) is 9.03. The van der Waals surface area contributed by atoms with Crippen LogP contribution in [0.4, 0.5) is 8.78 Å². The average Bonchev–Trinajstić information content (AvgIpc) is 3.04. The molecule has 0 unspecified atom stereocenters. The van der Waals surface area contributed by atoms with Crippen molar-refractivity contribution >= 4 is 17.6 Å². The molecule has 0 radical (unpaired) electrons. The van der Waals surface area contributed by atoms with Crippen molar-refractivity contribution < 1.29 is 13.6 Å². The Labute approximate surface area is 257 Å². The van der Waals surface area contributed by atoms with Crippen molar-refractivity contribution in [1.82, 2.24) is 0 Å². The van der Waals surface area contributed by atoms with Gasteiger partial charge in [0.1, 0.15) is 6.29 Å². The molecule has 0 aromatic heterocycles. The van der Waals surface area contributed by atoms with E-state index < -0.39 is 5.92 Å². The molecule has 0 spiro atoms. The summed E-state index contributed by atoms with van der Waals surface area (Å²) in [5.74, 6) is -2.89. The number of aliphatic imine (C=N–C) groups is 1. The lowest BCUT2D eigenvalue weighted by Crippen LogP contribution is -2.09. The first-order valence-electron chi connectivity index (χ1n) is 14.6. The SMILES string of the molecule is C=C(C=O)/C=C1\CC(c2ccc(C)cc2)=CC(c2ccc(C(C)(F)F)cc2)=N1.CC.CC.CCc1ccccc1.CN=O. The molecule has 0 saturated heterocycles. The zero-order valence-electron chi connectivity index (χ0n) is 26.8. The fourth-order valence-electron chi connectivity index (χ4n) is 3.72. The minimum atomic E-state index is -2.89. The van der Waals surface area contributed by atoms with Gasteiger partial charge in [0.05, 0.1) is 12.8 Å². The molecule has 4 rings (SSSR count). The van der Waals surface area contributed by atoms with Crippen LogP contribution < -0.4 is 0 Å². The molecule has 0 amide bonds. The number of halogens is 2. The third-order valence-corrected chi connectivity index (χ3v) is 5.81. The van der Waals surface area contributed by atoms with Crippen molar-refractivity contribution in [2.24, 2.45) is 10.2 Å². The summed E-state index contributed by atoms with van der Waals surface area (Å²) in [4.78, 5) is 24.1. The van der Waals surface area contributed by atoms with Gasteiger partial charge in [0.15, 0.2) is 0 Å². The monoisotopic (exact) mass is 588 g/mol. The molecule has 0 atom stereocenters. The predicted octanol–water partition coefficient (Wildman–Crippen LogP) is 10.7. The summed E-state index contributed by atoms with van der Waals surface area (Å²) in [5.41, 5.74) is 7.07. The van der Waals surface area contributed by atoms with E-state index in [4.69, 9.17) is 4.91 Å². The first-order valence-corrected chi connectivity index (χ1v) is 14.6. The van der Waals surface area contributed by atoms with Crippen molar-refractivity contribution in [1.29, 1.82) is 0 Å². The molecule has 0 fully saturated rings. The number of nitroso groups, excluding NO2 is 1. The maximum Gasteiger partial charge on any atom is 0.270 e. The minimum absolute atomic E-state index is 0.0412. The Morgan fingerprint density at radius 3 is 1.88 bits per heavy atom. The number of hydrogen-bond acceptors (Lipinski definition) is 4. The molecule has 1 aliphatic rings. The molecule has 0 saturated carbocycles. The largest absolute Gasteiger partial charge is 0.298 e. The van der Waals surface area contributed by atoms with Gasteiger partial charge in [-0.25, -0.2) is 8.78 Å². The van der Waals surface area contributed by atoms with Crippen LogP contribution in [0.1, 0.15) is 75.8 Å². The molecule has 6 heteroatoms. The van der Waals surface area contributed by atoms with Crippen LogP contribution in [0.3, 0.4) is 0 Å². The van der Waals surface area contributed by atoms with Crippen LogP contribution in [0.5, 0.6) is 0 Å². The molecular formula is C37H46F2N2O2. The summed E-state index contributed by atoms with van der Waals surface area (Å²) in [6, 6.07) is 24.7. The van der Waals surface area contributed by atoms with Gasteiger partial charge in [-0.15, -0.1) is 0 Å². The molecule has 1 heterocycles. The lowest BCUT2D eigenvalue weighted by atomic mass is 9.93. The van der Waals surface area contributed by atoms with E-state index in [1.807, 2.05) is 71.0 Å². The normalized spacial score (nSPS) is 12.6. The second kappa shape index (κ2) is 21.4. The van der Waals surface area contributed by atoms with Crippen LogP contribution in [0.2, 0.25) is 0 Å². The Morgan fingerprint density at radius 2 is 1.44 bits per heavy atom. The van der Waals surface area contributed by atoms with Gasteiger partial charge in [-0.1, -0.05) is 131 Å². The minimum Gasteiger partial charge on any atom is -0.298 e. The van der Waals surface area contributed by atoms with E-state index in [9.17, 15) is 13.6 Å². The van der Waals surface area contributed by atoms with Gasteiger partial charge in [0.2, 0.25) is 0 Å². The Bertz CT molecular complexity index is 1330. The zero-order chi connectivity index (χ0) is 32.8. The van der Waals surface area contributed by atoms with Gasteiger partial charge in [-0.2, -0.15) is 4.91 Å². The summed E-state index contributed by atoms with van der Waals surface area (Å²) < 4.78 is 27.0. The number of carbonyl (C=O) groups is 1. The molecular weight excluding hydrogens is 542 g/mol. The first-order chi connectivity index (χ1) is 20.6. The topological polar surface area (TPSA) is 58.9 Å². The van der Waals surface area contributed by atoms with E-state index in [0.717, 1.165) is 35.6 Å². The molecule has 230 valence electrons. The van der Waals surface area contributed by atoms with Crippen molar-refractivity contribution in [3.05, 3.63) is 142 Å². The summed E-state index contributed by atoms with van der Waals surface area (Å²) in [6.07, 6.45) is 6.00. The average molecular weight is 589 g/mol. The second-order valence-corrected chi connectivity index (χ2v) is 9.03. The van der Waals surface area contributed by atoms with Gasteiger partial charge in [-0.05, 0) is 42.2 Å². The smallest absolute Gasteiger partial charge is 0.270 e. The molecule has 4 nitrogen and oxygen atoms in total. The Balaban J connectivity index is 0.000000977. The summed E-state index contributed by atoms with van der Waals surface area (Å²) >= 11 is 0. The lowest BCUT2D eigenvalue weighted by Gasteiger charge is -2.17. The number of alkyl halides is 2. The number of aryl methyl sites for hydroxylation is 2. The van der Waals surface area contributed by atoms with Crippen LogP contribution in [0.25, 0.3) is 5.57 Å². The van der Waals surface area contributed by atoms with E-state index in [-0.39, 0.29) is 5.56 Å². The van der Waals surface area contributed by atoms with Crippen molar-refractivity contribution in [3.63, 3.8) is 0 Å². The number of allylic oxidation sites excluding steroid dienone is 4. The number of nitrogens with zero attached hydrogens (tertiary/aromatic N) is 2. The fourth-order valence-corrected chi connectivity index (χ4v) is 3.72. The molecule has 3 aromatic rings. The van der Waals surface area contributed by atoms with Gasteiger partial charge in [0.25, 0.3) is 5.92 Å². The van der Waals surface area contributed by atoms with E-state index in [1.54, 1.807) is 18.2 Å². The van der Waals surface area contributed by atoms with Gasteiger partial charge in [0, 0.05) is 35.7 Å². The third kappa shape index (κ3) is 14.4. The van der Waals surface area contributed by atoms with Gasteiger partial charge < -0.3 is 0 Å². The molecule has 43 heavy (non-hydrogen) atoms. The highest BCUT2D eigenvalue weighted by Gasteiger charge is 2.24. The Hall–Kier alpha value is -4.32. The van der Waals surface area contributed by atoms with Crippen molar-refractivity contribution in [2.75, 3.05) is 7.05 Å². The van der Waals surface area contributed by atoms with Gasteiger partial charge >= 0.3 is 0 Å². The number of aldehydes is 1. The quantitative estimate of drug-likeness (QED) is 0.163. The highest BCUT2D eigenvalue weighted by molar-refractivity contribution is 6.14. The van der Waals surface area contributed by atoms with E-state index in [2.05, 4.69) is 47.9 Å². The fraction of sp³-hybridized carbons (Fsp3) is 0.297. The number of rotatable bonds is 6. The van der Waals surface area contributed by atoms with Crippen LogP contribution in [0.15, 0.2) is 119 Å². The number of benzene rings is 3. The maximum absolute atomic E-state index is 13.5. The lowest BCUT2D eigenvalue weighted by molar-refractivity contribution is -0.104. The molecule has 3 aromatic carbocycles. The van der Waals surface area contributed by atoms with E-state index in [1.165, 1.54) is 24.7 Å². The highest BCUT2D eigenvalue weighted by Crippen LogP contribution is 2.31. The number of dihydropyridines is 1. The summed E-state index contributed by atoms with van der Waals surface area (Å²) in [6.45, 7) is 16.8. The van der Waals surface area contributed by atoms with Crippen molar-refractivity contribution in [3.8, 4) is 0 Å². The van der Waals surface area contributed by atoms with Crippen molar-refractivity contribution in [2.45, 2.75) is 67.2 Å². The Kier molecular flexibility index (Phi) is 19.2. The van der Waals surface area contributed by atoms with Crippen LogP contribution in [-0.4, -0.2) is 19.0 Å². The van der Waals surface area contributed by atoms with Crippen LogP contribution in [-0.2, 0) is 17.1 Å². The van der Waals surface area contributed by atoms with E-state index >= 15 is 0 Å². The summed E-state index contributed by atoms with van der Waals surface area (Å²) in [5, 5.41) is 2.25. The summed E-state index contributed by atoms with van der Waals surface area (Å²) in [7, 11) is 1.19. The van der Waals surface area contributed by atoms with E-state index in [0.29, 0.717) is 29.7 Å².